The van der Waals surface area contributed by atoms with E-state index in [1.54, 1.807) is 28.9 Å². The number of benzene rings is 3. The van der Waals surface area contributed by atoms with Crippen LogP contribution in [0.1, 0.15) is 16.2 Å². The van der Waals surface area contributed by atoms with Crippen LogP contribution < -0.4 is 5.32 Å². The Bertz CT molecular complexity index is 1090. The van der Waals surface area contributed by atoms with Gasteiger partial charge in [0.15, 0.2) is 5.82 Å². The summed E-state index contributed by atoms with van der Waals surface area (Å²) in [5, 5.41) is 7.88. The number of hydrogen-bond acceptors (Lipinski definition) is 3. The molecule has 0 aliphatic rings. The minimum absolute atomic E-state index is 0.0819. The lowest BCUT2D eigenvalue weighted by atomic mass is 10.2. The normalized spacial score (nSPS) is 10.7. The standard InChI is InChI=1S/C22H16BrClN4O/c1-14-2-12-19(13-3-14)28-21(15-4-6-16(23)7-5-15)26-20(27-28)22(29)25-18-10-8-17(24)9-11-18/h2-13H,1H3,(H,25,29). The first kappa shape index (κ1) is 19.4. The number of rotatable bonds is 4. The summed E-state index contributed by atoms with van der Waals surface area (Å²) in [5.74, 6) is 0.276. The van der Waals surface area contributed by atoms with Crippen molar-refractivity contribution in [1.29, 1.82) is 0 Å². The molecule has 1 aromatic heterocycles. The zero-order valence-corrected chi connectivity index (χ0v) is 17.8. The second kappa shape index (κ2) is 8.19. The Balaban J connectivity index is 1.74. The Morgan fingerprint density at radius 1 is 0.966 bits per heavy atom. The number of carbonyl (C=O) groups is 1. The fourth-order valence-corrected chi connectivity index (χ4v) is 3.17. The molecule has 4 rings (SSSR count). The smallest absolute Gasteiger partial charge is 0.295 e. The maximum absolute atomic E-state index is 12.7. The summed E-state index contributed by atoms with van der Waals surface area (Å²) in [5.41, 5.74) is 3.44. The summed E-state index contributed by atoms with van der Waals surface area (Å²) < 4.78 is 2.64. The lowest BCUT2D eigenvalue weighted by Gasteiger charge is -2.06. The van der Waals surface area contributed by atoms with Gasteiger partial charge in [-0.15, -0.1) is 5.10 Å². The highest BCUT2D eigenvalue weighted by Crippen LogP contribution is 2.24. The van der Waals surface area contributed by atoms with Crippen LogP contribution in [0.15, 0.2) is 77.3 Å². The molecule has 1 amide bonds. The van der Waals surface area contributed by atoms with Crippen LogP contribution in [0.4, 0.5) is 5.69 Å². The minimum Gasteiger partial charge on any atom is -0.319 e. The highest BCUT2D eigenvalue weighted by Gasteiger charge is 2.19. The van der Waals surface area contributed by atoms with Gasteiger partial charge in [0, 0.05) is 20.7 Å². The Hall–Kier alpha value is -2.96. The number of halogens is 2. The molecular formula is C22H16BrClN4O. The molecule has 0 bridgehead atoms. The van der Waals surface area contributed by atoms with Crippen LogP contribution in [0, 0.1) is 6.92 Å². The Morgan fingerprint density at radius 3 is 2.28 bits per heavy atom. The summed E-state index contributed by atoms with van der Waals surface area (Å²) in [7, 11) is 0. The van der Waals surface area contributed by atoms with Crippen molar-refractivity contribution in [2.45, 2.75) is 6.92 Å². The zero-order valence-electron chi connectivity index (χ0n) is 15.4. The molecule has 0 atom stereocenters. The van der Waals surface area contributed by atoms with E-state index in [0.717, 1.165) is 21.3 Å². The Kier molecular flexibility index (Phi) is 5.47. The van der Waals surface area contributed by atoms with Crippen molar-refractivity contribution in [3.8, 4) is 17.1 Å². The molecule has 0 saturated heterocycles. The lowest BCUT2D eigenvalue weighted by molar-refractivity contribution is 0.101. The van der Waals surface area contributed by atoms with E-state index in [2.05, 4.69) is 31.3 Å². The molecule has 0 radical (unpaired) electrons. The maximum atomic E-state index is 12.7. The predicted molar refractivity (Wildman–Crippen MR) is 119 cm³/mol. The van der Waals surface area contributed by atoms with Gasteiger partial charge in [-0.2, -0.15) is 0 Å². The van der Waals surface area contributed by atoms with Crippen molar-refractivity contribution in [2.75, 3.05) is 5.32 Å². The minimum atomic E-state index is -0.392. The second-order valence-electron chi connectivity index (χ2n) is 6.47. The van der Waals surface area contributed by atoms with Gasteiger partial charge in [-0.25, -0.2) is 9.67 Å². The molecule has 0 unspecified atom stereocenters. The monoisotopic (exact) mass is 466 g/mol. The highest BCUT2D eigenvalue weighted by molar-refractivity contribution is 9.10. The molecule has 144 valence electrons. The van der Waals surface area contributed by atoms with Gasteiger partial charge in [0.2, 0.25) is 5.82 Å². The van der Waals surface area contributed by atoms with Crippen LogP contribution in [0.2, 0.25) is 5.02 Å². The van der Waals surface area contributed by atoms with E-state index in [9.17, 15) is 4.79 Å². The van der Waals surface area contributed by atoms with Crippen molar-refractivity contribution in [3.05, 3.63) is 93.7 Å². The molecule has 1 heterocycles. The van der Waals surface area contributed by atoms with Crippen molar-refractivity contribution in [1.82, 2.24) is 14.8 Å². The van der Waals surface area contributed by atoms with Crippen molar-refractivity contribution < 1.29 is 4.79 Å². The summed E-state index contributed by atoms with van der Waals surface area (Å²) in [6.07, 6.45) is 0. The van der Waals surface area contributed by atoms with Crippen molar-refractivity contribution in [2.24, 2.45) is 0 Å². The molecule has 0 saturated carbocycles. The fraction of sp³-hybridized carbons (Fsp3) is 0.0455. The molecule has 0 aliphatic heterocycles. The SMILES string of the molecule is Cc1ccc(-n2nc(C(=O)Nc3ccc(Cl)cc3)nc2-c2ccc(Br)cc2)cc1. The average molecular weight is 468 g/mol. The van der Waals surface area contributed by atoms with E-state index in [0.29, 0.717) is 16.5 Å². The van der Waals surface area contributed by atoms with Crippen LogP contribution in [0.25, 0.3) is 17.1 Å². The maximum Gasteiger partial charge on any atom is 0.295 e. The number of amides is 1. The van der Waals surface area contributed by atoms with E-state index in [4.69, 9.17) is 11.6 Å². The molecule has 3 aromatic carbocycles. The first-order chi connectivity index (χ1) is 14.0. The number of carbonyl (C=O) groups excluding carboxylic acids is 1. The van der Waals surface area contributed by atoms with Crippen LogP contribution >= 0.6 is 27.5 Å². The molecule has 5 nitrogen and oxygen atoms in total. The zero-order chi connectivity index (χ0) is 20.4. The van der Waals surface area contributed by atoms with Crippen molar-refractivity contribution >= 4 is 39.1 Å². The Labute approximate surface area is 181 Å². The van der Waals surface area contributed by atoms with E-state index >= 15 is 0 Å². The number of nitrogens with zero attached hydrogens (tertiary/aromatic N) is 3. The third-order valence-corrected chi connectivity index (χ3v) is 5.07. The largest absolute Gasteiger partial charge is 0.319 e. The fourth-order valence-electron chi connectivity index (χ4n) is 2.78. The molecule has 4 aromatic rings. The van der Waals surface area contributed by atoms with Gasteiger partial charge < -0.3 is 5.32 Å². The third-order valence-electron chi connectivity index (χ3n) is 4.29. The van der Waals surface area contributed by atoms with Gasteiger partial charge in [-0.05, 0) is 55.5 Å². The van der Waals surface area contributed by atoms with E-state index < -0.39 is 5.91 Å². The Morgan fingerprint density at radius 2 is 1.62 bits per heavy atom. The van der Waals surface area contributed by atoms with E-state index in [-0.39, 0.29) is 5.82 Å². The second-order valence-corrected chi connectivity index (χ2v) is 7.83. The van der Waals surface area contributed by atoms with Gasteiger partial charge in [0.25, 0.3) is 5.91 Å². The van der Waals surface area contributed by atoms with Gasteiger partial charge in [-0.3, -0.25) is 4.79 Å². The highest BCUT2D eigenvalue weighted by atomic mass is 79.9. The molecular weight excluding hydrogens is 452 g/mol. The first-order valence-electron chi connectivity index (χ1n) is 8.86. The molecule has 1 N–H and O–H groups in total. The van der Waals surface area contributed by atoms with Crippen molar-refractivity contribution in [3.63, 3.8) is 0 Å². The molecule has 0 spiro atoms. The summed E-state index contributed by atoms with van der Waals surface area (Å²) >= 11 is 9.35. The average Bonchev–Trinajstić information content (AvgIpc) is 3.16. The van der Waals surface area contributed by atoms with Gasteiger partial charge in [0.05, 0.1) is 5.69 Å². The van der Waals surface area contributed by atoms with Gasteiger partial charge >= 0.3 is 0 Å². The third kappa shape index (κ3) is 4.39. The number of nitrogens with one attached hydrogen (secondary N) is 1. The molecule has 7 heteroatoms. The number of aryl methyl sites for hydroxylation is 1. The molecule has 0 aliphatic carbocycles. The summed E-state index contributed by atoms with van der Waals surface area (Å²) in [6, 6.07) is 22.5. The van der Waals surface area contributed by atoms with Crippen LogP contribution in [-0.4, -0.2) is 20.7 Å². The summed E-state index contributed by atoms with van der Waals surface area (Å²) in [6.45, 7) is 2.02. The number of aromatic nitrogens is 3. The van der Waals surface area contributed by atoms with Crippen LogP contribution in [-0.2, 0) is 0 Å². The van der Waals surface area contributed by atoms with Crippen LogP contribution in [0.5, 0.6) is 0 Å². The molecule has 0 fully saturated rings. The lowest BCUT2D eigenvalue weighted by Crippen LogP contribution is -2.14. The van der Waals surface area contributed by atoms with Gasteiger partial charge in [0.1, 0.15) is 0 Å². The molecule has 29 heavy (non-hydrogen) atoms. The van der Waals surface area contributed by atoms with E-state index in [1.165, 1.54) is 0 Å². The first-order valence-corrected chi connectivity index (χ1v) is 10.0. The predicted octanol–water partition coefficient (Wildman–Crippen LogP) is 5.91. The topological polar surface area (TPSA) is 59.8 Å². The van der Waals surface area contributed by atoms with Gasteiger partial charge in [-0.1, -0.05) is 57.4 Å². The van der Waals surface area contributed by atoms with E-state index in [1.807, 2.05) is 55.5 Å². The quantitative estimate of drug-likeness (QED) is 0.406. The number of anilines is 1. The summed E-state index contributed by atoms with van der Waals surface area (Å²) in [4.78, 5) is 17.3. The van der Waals surface area contributed by atoms with Crippen LogP contribution in [0.3, 0.4) is 0 Å². The number of hydrogen-bond donors (Lipinski definition) is 1.